The summed E-state index contributed by atoms with van der Waals surface area (Å²) < 4.78 is 26.0. The molecular weight excluding hydrogens is 264 g/mol. The molecule has 5 heteroatoms. The van der Waals surface area contributed by atoms with E-state index in [4.69, 9.17) is 5.11 Å². The van der Waals surface area contributed by atoms with Crippen molar-refractivity contribution in [2.75, 3.05) is 19.7 Å². The Labute approximate surface area is 117 Å². The molecule has 0 unspecified atom stereocenters. The third kappa shape index (κ3) is 3.61. The average molecular weight is 283 g/mol. The molecule has 0 atom stereocenters. The fraction of sp³-hybridized carbons (Fsp3) is 0.533. The third-order valence-electron chi connectivity index (χ3n) is 3.82. The highest BCUT2D eigenvalue weighted by molar-refractivity contribution is 5.97. The maximum absolute atomic E-state index is 13.1. The lowest BCUT2D eigenvalue weighted by Crippen LogP contribution is -2.39. The molecule has 1 fully saturated rings. The van der Waals surface area contributed by atoms with Gasteiger partial charge in [0.05, 0.1) is 13.2 Å². The van der Waals surface area contributed by atoms with E-state index in [0.29, 0.717) is 12.6 Å². The zero-order valence-electron chi connectivity index (χ0n) is 11.3. The highest BCUT2D eigenvalue weighted by Crippen LogP contribution is 2.23. The molecule has 1 aromatic rings. The predicted octanol–water partition coefficient (Wildman–Crippen LogP) is 2.38. The summed E-state index contributed by atoms with van der Waals surface area (Å²) in [4.78, 5) is 14.1. The number of carbonyl (C=O) groups excluding carboxylic acids is 1. The van der Waals surface area contributed by atoms with Gasteiger partial charge in [-0.3, -0.25) is 9.69 Å². The van der Waals surface area contributed by atoms with Crippen LogP contribution in [-0.2, 0) is 0 Å². The van der Waals surface area contributed by atoms with Gasteiger partial charge in [-0.25, -0.2) is 8.78 Å². The van der Waals surface area contributed by atoms with Crippen LogP contribution in [-0.4, -0.2) is 41.5 Å². The molecule has 1 N–H and O–H groups in total. The van der Waals surface area contributed by atoms with Crippen molar-refractivity contribution in [1.29, 1.82) is 0 Å². The van der Waals surface area contributed by atoms with E-state index in [2.05, 4.69) is 0 Å². The van der Waals surface area contributed by atoms with E-state index in [9.17, 15) is 13.6 Å². The van der Waals surface area contributed by atoms with Crippen LogP contribution in [0.2, 0.25) is 0 Å². The third-order valence-corrected chi connectivity index (χ3v) is 3.82. The molecule has 1 aromatic carbocycles. The average Bonchev–Trinajstić information content (AvgIpc) is 2.95. The second-order valence-electron chi connectivity index (χ2n) is 5.18. The van der Waals surface area contributed by atoms with Crippen LogP contribution < -0.4 is 0 Å². The van der Waals surface area contributed by atoms with Crippen molar-refractivity contribution in [2.24, 2.45) is 0 Å². The Balaban J connectivity index is 2.05. The van der Waals surface area contributed by atoms with E-state index in [0.717, 1.165) is 37.8 Å². The molecular formula is C15H19F2NO2. The van der Waals surface area contributed by atoms with Crippen molar-refractivity contribution in [2.45, 2.75) is 31.7 Å². The Morgan fingerprint density at radius 3 is 2.55 bits per heavy atom. The molecule has 0 spiro atoms. The normalized spacial score (nSPS) is 16.0. The standard InChI is InChI=1S/C15H19F2NO2/c16-13-6-5-11(9-14(13)17)15(20)10-18(7-8-19)12-3-1-2-4-12/h5-6,9,12,19H,1-4,7-8,10H2. The first-order valence-corrected chi connectivity index (χ1v) is 6.95. The van der Waals surface area contributed by atoms with Gasteiger partial charge >= 0.3 is 0 Å². The van der Waals surface area contributed by atoms with Gasteiger partial charge in [-0.05, 0) is 31.0 Å². The Kier molecular flexibility index (Phi) is 5.20. The van der Waals surface area contributed by atoms with Gasteiger partial charge in [0.25, 0.3) is 0 Å². The number of benzene rings is 1. The molecule has 2 rings (SSSR count). The quantitative estimate of drug-likeness (QED) is 0.815. The molecule has 0 aliphatic heterocycles. The summed E-state index contributed by atoms with van der Waals surface area (Å²) in [5, 5.41) is 9.10. The van der Waals surface area contributed by atoms with E-state index in [1.54, 1.807) is 0 Å². The van der Waals surface area contributed by atoms with Gasteiger partial charge in [0.15, 0.2) is 17.4 Å². The second kappa shape index (κ2) is 6.90. The first kappa shape index (κ1) is 15.1. The SMILES string of the molecule is O=C(CN(CCO)C1CCCC1)c1ccc(F)c(F)c1. The number of hydrogen-bond acceptors (Lipinski definition) is 3. The summed E-state index contributed by atoms with van der Waals surface area (Å²) in [6.45, 7) is 0.554. The molecule has 0 saturated heterocycles. The highest BCUT2D eigenvalue weighted by atomic mass is 19.2. The summed E-state index contributed by atoms with van der Waals surface area (Å²) in [7, 11) is 0. The molecule has 110 valence electrons. The number of Topliss-reactive ketones (excluding diaryl/α,β-unsaturated/α-hetero) is 1. The number of aliphatic hydroxyl groups excluding tert-OH is 1. The van der Waals surface area contributed by atoms with Gasteiger partial charge in [0.2, 0.25) is 0 Å². The number of rotatable bonds is 6. The minimum absolute atomic E-state index is 0.0123. The molecule has 0 aromatic heterocycles. The van der Waals surface area contributed by atoms with Crippen LogP contribution in [0.25, 0.3) is 0 Å². The first-order chi connectivity index (χ1) is 9.61. The fourth-order valence-electron chi connectivity index (χ4n) is 2.73. The van der Waals surface area contributed by atoms with Crippen molar-refractivity contribution in [3.8, 4) is 0 Å². The van der Waals surface area contributed by atoms with Crippen molar-refractivity contribution < 1.29 is 18.7 Å². The Morgan fingerprint density at radius 2 is 1.95 bits per heavy atom. The molecule has 1 aliphatic carbocycles. The number of carbonyl (C=O) groups is 1. The summed E-state index contributed by atoms with van der Waals surface area (Å²) in [5.74, 6) is -2.21. The fourth-order valence-corrected chi connectivity index (χ4v) is 2.73. The van der Waals surface area contributed by atoms with E-state index < -0.39 is 11.6 Å². The van der Waals surface area contributed by atoms with Gasteiger partial charge in [-0.1, -0.05) is 12.8 Å². The second-order valence-corrected chi connectivity index (χ2v) is 5.18. The summed E-state index contributed by atoms with van der Waals surface area (Å²) in [5.41, 5.74) is 0.171. The molecule has 1 saturated carbocycles. The van der Waals surface area contributed by atoms with E-state index in [1.165, 1.54) is 6.07 Å². The monoisotopic (exact) mass is 283 g/mol. The molecule has 0 amide bonds. The number of ketones is 1. The van der Waals surface area contributed by atoms with Crippen molar-refractivity contribution in [3.63, 3.8) is 0 Å². The van der Waals surface area contributed by atoms with Gasteiger partial charge in [0, 0.05) is 18.2 Å². The van der Waals surface area contributed by atoms with Gasteiger partial charge in [0.1, 0.15) is 0 Å². The van der Waals surface area contributed by atoms with Crippen molar-refractivity contribution in [3.05, 3.63) is 35.4 Å². The van der Waals surface area contributed by atoms with Crippen LogP contribution >= 0.6 is 0 Å². The Morgan fingerprint density at radius 1 is 1.25 bits per heavy atom. The number of halogens is 2. The molecule has 3 nitrogen and oxygen atoms in total. The predicted molar refractivity (Wildman–Crippen MR) is 71.6 cm³/mol. The van der Waals surface area contributed by atoms with E-state index in [1.807, 2.05) is 4.90 Å². The van der Waals surface area contributed by atoms with Crippen LogP contribution in [0, 0.1) is 11.6 Å². The zero-order chi connectivity index (χ0) is 14.5. The van der Waals surface area contributed by atoms with E-state index in [-0.39, 0.29) is 24.5 Å². The summed E-state index contributed by atoms with van der Waals surface area (Å²) >= 11 is 0. The highest BCUT2D eigenvalue weighted by Gasteiger charge is 2.24. The van der Waals surface area contributed by atoms with Crippen LogP contribution in [0.15, 0.2) is 18.2 Å². The zero-order valence-corrected chi connectivity index (χ0v) is 11.3. The lowest BCUT2D eigenvalue weighted by atomic mass is 10.1. The molecule has 0 bridgehead atoms. The van der Waals surface area contributed by atoms with Crippen LogP contribution in [0.5, 0.6) is 0 Å². The maximum Gasteiger partial charge on any atom is 0.176 e. The maximum atomic E-state index is 13.1. The topological polar surface area (TPSA) is 40.5 Å². The summed E-state index contributed by atoms with van der Waals surface area (Å²) in [6.07, 6.45) is 4.30. The molecule has 0 heterocycles. The Bertz CT molecular complexity index is 473. The number of aliphatic hydroxyl groups is 1. The van der Waals surface area contributed by atoms with Gasteiger partial charge in [-0.15, -0.1) is 0 Å². The minimum atomic E-state index is -1.01. The van der Waals surface area contributed by atoms with Crippen molar-refractivity contribution >= 4 is 5.78 Å². The van der Waals surface area contributed by atoms with Gasteiger partial charge in [-0.2, -0.15) is 0 Å². The lowest BCUT2D eigenvalue weighted by Gasteiger charge is -2.27. The van der Waals surface area contributed by atoms with Crippen LogP contribution in [0.3, 0.4) is 0 Å². The molecule has 20 heavy (non-hydrogen) atoms. The summed E-state index contributed by atoms with van der Waals surface area (Å²) in [6, 6.07) is 3.50. The van der Waals surface area contributed by atoms with Crippen molar-refractivity contribution in [1.82, 2.24) is 4.90 Å². The van der Waals surface area contributed by atoms with E-state index >= 15 is 0 Å². The number of nitrogens with zero attached hydrogens (tertiary/aromatic N) is 1. The lowest BCUT2D eigenvalue weighted by molar-refractivity contribution is 0.0862. The first-order valence-electron chi connectivity index (χ1n) is 6.95. The van der Waals surface area contributed by atoms with Crippen LogP contribution in [0.4, 0.5) is 8.78 Å². The number of hydrogen-bond donors (Lipinski definition) is 1. The molecule has 1 aliphatic rings. The smallest absolute Gasteiger partial charge is 0.176 e. The van der Waals surface area contributed by atoms with Gasteiger partial charge < -0.3 is 5.11 Å². The Hall–Kier alpha value is -1.33. The van der Waals surface area contributed by atoms with Crippen LogP contribution in [0.1, 0.15) is 36.0 Å². The molecule has 0 radical (unpaired) electrons. The largest absolute Gasteiger partial charge is 0.395 e. The minimum Gasteiger partial charge on any atom is -0.395 e.